The average molecular weight is 972 g/mol. The van der Waals surface area contributed by atoms with Crippen molar-refractivity contribution < 1.29 is 52.8 Å². The van der Waals surface area contributed by atoms with Crippen molar-refractivity contribution in [1.29, 1.82) is 0 Å². The largest absolute Gasteiger partial charge is 0.496 e. The van der Waals surface area contributed by atoms with Crippen molar-refractivity contribution in [2.45, 2.75) is 107 Å². The number of aliphatic hydroxyl groups is 1. The molecule has 9 rings (SSSR count). The number of ether oxygens (including phenoxy) is 5. The molecule has 1 saturated heterocycles. The molecule has 5 aliphatic heterocycles. The summed E-state index contributed by atoms with van der Waals surface area (Å²) in [6.45, 7) is 10.8. The summed E-state index contributed by atoms with van der Waals surface area (Å²) in [6.07, 6.45) is 12.3. The number of carbonyl (C=O) groups excluding carboxylic acids is 5. The number of carbonyl (C=O) groups is 5. The van der Waals surface area contributed by atoms with Crippen LogP contribution in [0.2, 0.25) is 0 Å². The maximum Gasteiger partial charge on any atom is 0.344 e. The summed E-state index contributed by atoms with van der Waals surface area (Å²) in [7, 11) is 7.20. The highest BCUT2D eigenvalue weighted by molar-refractivity contribution is 6.04. The predicted octanol–water partition coefficient (Wildman–Crippen LogP) is 4.73. The van der Waals surface area contributed by atoms with Crippen LogP contribution in [-0.2, 0) is 60.2 Å². The van der Waals surface area contributed by atoms with Crippen LogP contribution in [0.5, 0.6) is 5.75 Å². The van der Waals surface area contributed by atoms with Gasteiger partial charge in [0.1, 0.15) is 16.9 Å². The number of esters is 4. The lowest BCUT2D eigenvalue weighted by molar-refractivity contribution is -0.228. The molecule has 8 atom stereocenters. The number of likely N-dealkylation sites (N-methyl/N-ethyl adjacent to an activating group) is 1. The van der Waals surface area contributed by atoms with Crippen molar-refractivity contribution in [2.24, 2.45) is 11.3 Å². The maximum atomic E-state index is 15.9. The second-order valence-electron chi connectivity index (χ2n) is 20.4. The van der Waals surface area contributed by atoms with Crippen molar-refractivity contribution in [3.8, 4) is 18.1 Å². The van der Waals surface area contributed by atoms with Crippen LogP contribution in [-0.4, -0.2) is 141 Å². The minimum Gasteiger partial charge on any atom is -0.496 e. The molecule has 0 unspecified atom stereocenters. The van der Waals surface area contributed by atoms with E-state index in [1.807, 2.05) is 81.0 Å². The zero-order valence-corrected chi connectivity index (χ0v) is 42.3. The van der Waals surface area contributed by atoms with Gasteiger partial charge in [0.25, 0.3) is 5.91 Å². The van der Waals surface area contributed by atoms with Gasteiger partial charge in [-0.3, -0.25) is 19.3 Å². The number of H-pyrrole nitrogens is 1. The summed E-state index contributed by atoms with van der Waals surface area (Å²) in [5.74, 6) is -0.730. The third kappa shape index (κ3) is 6.96. The second kappa shape index (κ2) is 17.9. The summed E-state index contributed by atoms with van der Waals surface area (Å²) in [6, 6.07) is 7.63. The number of nitrogens with zero attached hydrogens (tertiary/aromatic N) is 3. The van der Waals surface area contributed by atoms with Gasteiger partial charge in [-0.25, -0.2) is 9.59 Å². The number of aromatic amines is 1. The van der Waals surface area contributed by atoms with Crippen LogP contribution in [0.1, 0.15) is 88.2 Å². The molecule has 1 spiro atoms. The summed E-state index contributed by atoms with van der Waals surface area (Å²) >= 11 is 0. The molecule has 2 aromatic carbocycles. The number of methoxy groups -OCH3 is 4. The molecule has 16 nitrogen and oxygen atoms in total. The Morgan fingerprint density at radius 2 is 1.75 bits per heavy atom. The minimum atomic E-state index is -2.40. The van der Waals surface area contributed by atoms with Gasteiger partial charge in [0.05, 0.1) is 40.1 Å². The molecule has 1 amide bonds. The quantitative estimate of drug-likeness (QED) is 0.110. The van der Waals surface area contributed by atoms with Crippen molar-refractivity contribution in [3.63, 3.8) is 0 Å². The van der Waals surface area contributed by atoms with Crippen LogP contribution < -0.4 is 15.0 Å². The van der Waals surface area contributed by atoms with E-state index in [2.05, 4.69) is 27.2 Å². The Bertz CT molecular complexity index is 2890. The Morgan fingerprint density at radius 3 is 2.38 bits per heavy atom. The van der Waals surface area contributed by atoms with Gasteiger partial charge in [-0.1, -0.05) is 43.6 Å². The molecule has 2 fully saturated rings. The Morgan fingerprint density at radius 1 is 1.00 bits per heavy atom. The molecule has 6 aliphatic rings. The molecule has 0 radical (unpaired) electrons. The molecule has 1 aliphatic carbocycles. The van der Waals surface area contributed by atoms with E-state index in [9.17, 15) is 24.3 Å². The van der Waals surface area contributed by atoms with Crippen LogP contribution in [0.4, 0.5) is 5.69 Å². The van der Waals surface area contributed by atoms with E-state index in [4.69, 9.17) is 30.1 Å². The summed E-state index contributed by atoms with van der Waals surface area (Å²) in [4.78, 5) is 82.5. The first kappa shape index (κ1) is 49.4. The fourth-order valence-corrected chi connectivity index (χ4v) is 14.1. The van der Waals surface area contributed by atoms with Gasteiger partial charge in [0.2, 0.25) is 5.60 Å². The van der Waals surface area contributed by atoms with E-state index < -0.39 is 75.7 Å². The van der Waals surface area contributed by atoms with Gasteiger partial charge in [-0.05, 0) is 87.4 Å². The average Bonchev–Trinajstić information content (AvgIpc) is 4.01. The molecule has 3 N–H and O–H groups in total. The molecule has 2 bridgehead atoms. The number of aromatic nitrogens is 1. The Balaban J connectivity index is 1.42. The van der Waals surface area contributed by atoms with E-state index in [0.717, 1.165) is 11.1 Å². The molecule has 16 heteroatoms. The molecule has 1 aromatic heterocycles. The number of terminal acetylenes is 1. The summed E-state index contributed by atoms with van der Waals surface area (Å²) in [5, 5.41) is 17.2. The van der Waals surface area contributed by atoms with Gasteiger partial charge in [0.15, 0.2) is 6.10 Å². The second-order valence-corrected chi connectivity index (χ2v) is 20.4. The molecule has 1 saturated carbocycles. The van der Waals surface area contributed by atoms with Crippen molar-refractivity contribution in [2.75, 3.05) is 66.6 Å². The number of hydrogen-bond donors (Lipinski definition) is 3. The highest BCUT2D eigenvalue weighted by atomic mass is 16.6. The normalized spacial score (nSPS) is 30.5. The van der Waals surface area contributed by atoms with Gasteiger partial charge >= 0.3 is 23.9 Å². The Hall–Kier alpha value is -6.57. The van der Waals surface area contributed by atoms with E-state index in [1.165, 1.54) is 35.4 Å². The molecule has 71 heavy (non-hydrogen) atoms. The van der Waals surface area contributed by atoms with Crippen molar-refractivity contribution in [3.05, 3.63) is 93.4 Å². The van der Waals surface area contributed by atoms with Crippen LogP contribution >= 0.6 is 0 Å². The van der Waals surface area contributed by atoms with Gasteiger partial charge in [-0.15, -0.1) is 6.42 Å². The molecule has 376 valence electrons. The zero-order chi connectivity index (χ0) is 51.1. The third-order valence-corrected chi connectivity index (χ3v) is 16.6. The lowest BCUT2D eigenvalue weighted by Gasteiger charge is -2.63. The number of fused-ring (bicyclic) bond motifs is 6. The van der Waals surface area contributed by atoms with E-state index in [-0.39, 0.29) is 36.7 Å². The molecular formula is C55H65N5O11. The van der Waals surface area contributed by atoms with E-state index >= 15 is 4.79 Å². The zero-order valence-electron chi connectivity index (χ0n) is 42.3. The standard InChI is InChI=1S/C55H65N5O11/c1-12-32-16-17-40-35(23-32)36-24-37(46(63)68-9)43(45(62)56-30(4)5)60-28-33(13-2)22-34(29-60)27-54(44(36)57-40,50(64)69-10)39-25-38-41(26-42(39)67-8)58(7)48-53(38)19-21-59-20-15-18-52(14-3,47(53)59)49(71-31(6)61)55(48,66)51(65)70-11/h1,15-18,22-23,25-26,30,34,47-49,57,66H,13-14,19-21,24,27-29H2,2-11H3,(H,56,62)/b43-37+/t34-,47+,48-,49-,52-,53-,54+,55+/m1/s1. The SMILES string of the molecule is C#Cc1ccc2[nH]c3c(c2c1)C/C(C(=O)OC)=C(/C(=O)NC(C)C)N1CC(CC)=C[C@@H](C1)C[C@]3(C(=O)OC)c1cc2c(cc1OC)N(C)[C@H]1[C@@](O)(C(=O)OC)[C@H](OC(C)=O)[C@]3(CC)C=CCN4CC[C@]21[C@@H]43. The molecule has 3 aromatic rings. The number of benzene rings is 2. The topological polar surface area (TPSA) is 189 Å². The first-order chi connectivity index (χ1) is 33.9. The number of hydrogen-bond acceptors (Lipinski definition) is 14. The van der Waals surface area contributed by atoms with E-state index in [0.29, 0.717) is 83.6 Å². The fourth-order valence-electron chi connectivity index (χ4n) is 14.1. The lowest BCUT2D eigenvalue weighted by atomic mass is 9.47. The van der Waals surface area contributed by atoms with Gasteiger partial charge in [0, 0.05) is 102 Å². The van der Waals surface area contributed by atoms with Gasteiger partial charge < -0.3 is 48.9 Å². The number of amides is 1. The van der Waals surface area contributed by atoms with Crippen molar-refractivity contribution >= 4 is 46.4 Å². The first-order valence-corrected chi connectivity index (χ1v) is 24.5. The van der Waals surface area contributed by atoms with Gasteiger partial charge in [-0.2, -0.15) is 0 Å². The smallest absolute Gasteiger partial charge is 0.344 e. The fraction of sp³-hybridized carbons (Fsp3) is 0.509. The van der Waals surface area contributed by atoms with Crippen LogP contribution in [0, 0.1) is 23.7 Å². The Kier molecular flexibility index (Phi) is 12.5. The Labute approximate surface area is 414 Å². The lowest BCUT2D eigenvalue weighted by Crippen LogP contribution is -2.81. The monoisotopic (exact) mass is 971 g/mol. The number of rotatable bonds is 10. The maximum absolute atomic E-state index is 15.9. The predicted molar refractivity (Wildman–Crippen MR) is 264 cm³/mol. The highest BCUT2D eigenvalue weighted by Crippen LogP contribution is 2.68. The third-order valence-electron chi connectivity index (χ3n) is 16.6. The first-order valence-electron chi connectivity index (χ1n) is 24.5. The number of anilines is 1. The highest BCUT2D eigenvalue weighted by Gasteiger charge is 2.80. The van der Waals surface area contributed by atoms with Crippen LogP contribution in [0.25, 0.3) is 10.9 Å². The van der Waals surface area contributed by atoms with Crippen LogP contribution in [0.3, 0.4) is 0 Å². The minimum absolute atomic E-state index is 0.0962. The summed E-state index contributed by atoms with van der Waals surface area (Å²) < 4.78 is 29.7. The summed E-state index contributed by atoms with van der Waals surface area (Å²) in [5.41, 5.74) is -1.04. The van der Waals surface area contributed by atoms with Crippen LogP contribution in [0.15, 0.2) is 65.4 Å². The van der Waals surface area contributed by atoms with Crippen molar-refractivity contribution in [1.82, 2.24) is 20.1 Å². The molecule has 6 heterocycles. The molecular weight excluding hydrogens is 907 g/mol. The number of nitrogens with one attached hydrogen (secondary N) is 2. The van der Waals surface area contributed by atoms with E-state index in [1.54, 1.807) is 6.07 Å².